The average Bonchev–Trinajstić information content (AvgIpc) is 2.98. The minimum absolute atomic E-state index is 0.0169. The third-order valence-corrected chi connectivity index (χ3v) is 6.54. The molecule has 0 spiro atoms. The third-order valence-electron chi connectivity index (χ3n) is 3.06. The lowest BCUT2D eigenvalue weighted by Gasteiger charge is -2.14. The van der Waals surface area contributed by atoms with Gasteiger partial charge in [0.15, 0.2) is 0 Å². The predicted octanol–water partition coefficient (Wildman–Crippen LogP) is 0.659. The van der Waals surface area contributed by atoms with E-state index < -0.39 is 10.0 Å². The first kappa shape index (κ1) is 14.0. The van der Waals surface area contributed by atoms with E-state index in [1.165, 1.54) is 15.6 Å². The molecule has 2 rings (SSSR count). The van der Waals surface area contributed by atoms with Crippen molar-refractivity contribution in [3.05, 3.63) is 17.0 Å². The Bertz CT molecular complexity index is 498. The van der Waals surface area contributed by atoms with E-state index in [-0.39, 0.29) is 6.10 Å². The van der Waals surface area contributed by atoms with Gasteiger partial charge in [0.05, 0.1) is 6.10 Å². The summed E-state index contributed by atoms with van der Waals surface area (Å²) in [6.07, 6.45) is 1.50. The van der Waals surface area contributed by atoms with E-state index in [1.807, 2.05) is 6.07 Å². The molecule has 1 saturated heterocycles. The van der Waals surface area contributed by atoms with Crippen molar-refractivity contribution < 1.29 is 13.2 Å². The summed E-state index contributed by atoms with van der Waals surface area (Å²) in [5, 5.41) is 0. The van der Waals surface area contributed by atoms with Crippen molar-refractivity contribution in [3.8, 4) is 0 Å². The Morgan fingerprint density at radius 2 is 2.33 bits per heavy atom. The number of rotatable bonds is 5. The topological polar surface area (TPSA) is 72.6 Å². The summed E-state index contributed by atoms with van der Waals surface area (Å²) in [5.41, 5.74) is 5.47. The van der Waals surface area contributed by atoms with Gasteiger partial charge in [0.2, 0.25) is 0 Å². The predicted molar refractivity (Wildman–Crippen MR) is 71.3 cm³/mol. The van der Waals surface area contributed by atoms with Gasteiger partial charge in [-0.25, -0.2) is 8.42 Å². The molecule has 0 aliphatic carbocycles. The van der Waals surface area contributed by atoms with Crippen LogP contribution in [0.15, 0.2) is 16.3 Å². The lowest BCUT2D eigenvalue weighted by molar-refractivity contribution is 0.115. The molecule has 7 heteroatoms. The zero-order valence-corrected chi connectivity index (χ0v) is 12.0. The second kappa shape index (κ2) is 5.66. The molecule has 1 fully saturated rings. The van der Waals surface area contributed by atoms with Gasteiger partial charge in [-0.1, -0.05) is 0 Å². The van der Waals surface area contributed by atoms with Gasteiger partial charge in [0, 0.05) is 25.1 Å². The van der Waals surface area contributed by atoms with Gasteiger partial charge in [-0.05, 0) is 31.5 Å². The van der Waals surface area contributed by atoms with Crippen LogP contribution in [0.5, 0.6) is 0 Å². The Morgan fingerprint density at radius 3 is 2.94 bits per heavy atom. The summed E-state index contributed by atoms with van der Waals surface area (Å²) >= 11 is 1.31. The van der Waals surface area contributed by atoms with Crippen LogP contribution in [0.3, 0.4) is 0 Å². The van der Waals surface area contributed by atoms with Crippen molar-refractivity contribution in [3.63, 3.8) is 0 Å². The summed E-state index contributed by atoms with van der Waals surface area (Å²) in [5.74, 6) is 0. The minimum Gasteiger partial charge on any atom is -0.380 e. The van der Waals surface area contributed by atoms with Gasteiger partial charge in [0.25, 0.3) is 10.0 Å². The number of methoxy groups -OCH3 is 1. The summed E-state index contributed by atoms with van der Waals surface area (Å²) in [6, 6.07) is 3.51. The standard InChI is InChI=1S/C11H18N2O3S2/c1-16-9-5-7-13(8-9)18(14,15)11-3-2-10(17-11)4-6-12/h2-3,9H,4-8,12H2,1H3. The highest BCUT2D eigenvalue weighted by atomic mass is 32.2. The monoisotopic (exact) mass is 290 g/mol. The zero-order chi connectivity index (χ0) is 13.2. The fraction of sp³-hybridized carbons (Fsp3) is 0.636. The number of thiophene rings is 1. The van der Waals surface area contributed by atoms with Crippen LogP contribution in [0.1, 0.15) is 11.3 Å². The number of sulfonamides is 1. The van der Waals surface area contributed by atoms with Gasteiger partial charge >= 0.3 is 0 Å². The Kier molecular flexibility index (Phi) is 4.39. The van der Waals surface area contributed by atoms with E-state index >= 15 is 0 Å². The van der Waals surface area contributed by atoms with Crippen LogP contribution in [-0.4, -0.2) is 45.6 Å². The number of nitrogens with two attached hydrogens (primary N) is 1. The summed E-state index contributed by atoms with van der Waals surface area (Å²) in [4.78, 5) is 1.01. The van der Waals surface area contributed by atoms with Gasteiger partial charge in [-0.15, -0.1) is 11.3 Å². The number of ether oxygens (including phenoxy) is 1. The molecule has 1 aliphatic rings. The normalized spacial score (nSPS) is 21.6. The Morgan fingerprint density at radius 1 is 1.56 bits per heavy atom. The lowest BCUT2D eigenvalue weighted by atomic mass is 10.3. The second-order valence-corrected chi connectivity index (χ2v) is 7.60. The van der Waals surface area contributed by atoms with Gasteiger partial charge < -0.3 is 10.5 Å². The fourth-order valence-corrected chi connectivity index (χ4v) is 5.02. The van der Waals surface area contributed by atoms with Crippen molar-refractivity contribution in [2.24, 2.45) is 5.73 Å². The van der Waals surface area contributed by atoms with E-state index in [1.54, 1.807) is 13.2 Å². The summed E-state index contributed by atoms with van der Waals surface area (Å²) < 4.78 is 31.8. The van der Waals surface area contributed by atoms with Crippen LogP contribution in [-0.2, 0) is 21.2 Å². The molecule has 1 aliphatic heterocycles. The summed E-state index contributed by atoms with van der Waals surface area (Å²) in [6.45, 7) is 1.52. The molecular formula is C11H18N2O3S2. The van der Waals surface area contributed by atoms with E-state index in [2.05, 4.69) is 0 Å². The lowest BCUT2D eigenvalue weighted by Crippen LogP contribution is -2.29. The molecular weight excluding hydrogens is 272 g/mol. The molecule has 1 aromatic heterocycles. The maximum absolute atomic E-state index is 12.4. The van der Waals surface area contributed by atoms with Crippen LogP contribution >= 0.6 is 11.3 Å². The third kappa shape index (κ3) is 2.75. The second-order valence-electron chi connectivity index (χ2n) is 4.27. The van der Waals surface area contributed by atoms with Crippen LogP contribution < -0.4 is 5.73 Å². The van der Waals surface area contributed by atoms with Gasteiger partial charge in [0.1, 0.15) is 4.21 Å². The van der Waals surface area contributed by atoms with Crippen molar-refractivity contribution >= 4 is 21.4 Å². The molecule has 18 heavy (non-hydrogen) atoms. The molecule has 1 aromatic rings. The number of nitrogens with zero attached hydrogens (tertiary/aromatic N) is 1. The van der Waals surface area contributed by atoms with E-state index in [0.29, 0.717) is 23.8 Å². The molecule has 0 bridgehead atoms. The molecule has 5 nitrogen and oxygen atoms in total. The van der Waals surface area contributed by atoms with Crippen LogP contribution in [0.25, 0.3) is 0 Å². The molecule has 0 saturated carbocycles. The first-order valence-corrected chi connectivity index (χ1v) is 8.15. The zero-order valence-electron chi connectivity index (χ0n) is 10.3. The minimum atomic E-state index is -3.35. The smallest absolute Gasteiger partial charge is 0.252 e. The average molecular weight is 290 g/mol. The number of hydrogen-bond acceptors (Lipinski definition) is 5. The van der Waals surface area contributed by atoms with Crippen molar-refractivity contribution in [1.82, 2.24) is 4.31 Å². The van der Waals surface area contributed by atoms with Crippen LogP contribution in [0, 0.1) is 0 Å². The van der Waals surface area contributed by atoms with E-state index in [0.717, 1.165) is 17.7 Å². The highest BCUT2D eigenvalue weighted by molar-refractivity contribution is 7.91. The molecule has 2 N–H and O–H groups in total. The van der Waals surface area contributed by atoms with E-state index in [4.69, 9.17) is 10.5 Å². The summed E-state index contributed by atoms with van der Waals surface area (Å²) in [7, 11) is -1.73. The maximum Gasteiger partial charge on any atom is 0.252 e. The molecule has 1 atom stereocenters. The quantitative estimate of drug-likeness (QED) is 0.864. The molecule has 0 radical (unpaired) electrons. The Balaban J connectivity index is 2.15. The maximum atomic E-state index is 12.4. The molecule has 102 valence electrons. The SMILES string of the molecule is COC1CCN(S(=O)(=O)c2ccc(CCN)s2)C1. The van der Waals surface area contributed by atoms with Crippen molar-refractivity contribution in [1.29, 1.82) is 0 Å². The van der Waals surface area contributed by atoms with Crippen LogP contribution in [0.2, 0.25) is 0 Å². The van der Waals surface area contributed by atoms with Crippen LogP contribution in [0.4, 0.5) is 0 Å². The number of hydrogen-bond donors (Lipinski definition) is 1. The van der Waals surface area contributed by atoms with Gasteiger partial charge in [-0.2, -0.15) is 4.31 Å². The Labute approximate surface area is 112 Å². The van der Waals surface area contributed by atoms with Crippen molar-refractivity contribution in [2.75, 3.05) is 26.7 Å². The van der Waals surface area contributed by atoms with Crippen molar-refractivity contribution in [2.45, 2.75) is 23.2 Å². The highest BCUT2D eigenvalue weighted by Crippen LogP contribution is 2.28. The molecule has 2 heterocycles. The first-order valence-electron chi connectivity index (χ1n) is 5.89. The highest BCUT2D eigenvalue weighted by Gasteiger charge is 2.33. The molecule has 0 aromatic carbocycles. The first-order chi connectivity index (χ1) is 8.57. The fourth-order valence-electron chi connectivity index (χ4n) is 2.01. The van der Waals surface area contributed by atoms with E-state index in [9.17, 15) is 8.42 Å². The molecule has 1 unspecified atom stereocenters. The van der Waals surface area contributed by atoms with Gasteiger partial charge in [-0.3, -0.25) is 0 Å². The Hall–Kier alpha value is -0.470. The largest absolute Gasteiger partial charge is 0.380 e. The molecule has 0 amide bonds.